The van der Waals surface area contributed by atoms with Gasteiger partial charge in [-0.3, -0.25) is 0 Å². The molecule has 0 radical (unpaired) electrons. The maximum absolute atomic E-state index is 12.5. The highest BCUT2D eigenvalue weighted by molar-refractivity contribution is 5.89. The number of rotatable bonds is 4. The average molecular weight is 389 g/mol. The van der Waals surface area contributed by atoms with Crippen molar-refractivity contribution < 1.29 is 4.79 Å². The predicted molar refractivity (Wildman–Crippen MR) is 116 cm³/mol. The van der Waals surface area contributed by atoms with Crippen LogP contribution in [-0.2, 0) is 0 Å². The number of amides is 2. The van der Waals surface area contributed by atoms with Crippen molar-refractivity contribution in [3.8, 4) is 0 Å². The molecule has 0 bridgehead atoms. The summed E-state index contributed by atoms with van der Waals surface area (Å²) in [5.41, 5.74) is 5.07. The molecule has 0 spiro atoms. The molecule has 0 aliphatic carbocycles. The number of para-hydroxylation sites is 1. The van der Waals surface area contributed by atoms with Gasteiger partial charge in [-0.1, -0.05) is 42.5 Å². The Balaban J connectivity index is 1.14. The normalized spacial score (nSPS) is 20.7. The summed E-state index contributed by atoms with van der Waals surface area (Å²) in [7, 11) is 0. The Morgan fingerprint density at radius 1 is 1.00 bits per heavy atom. The summed E-state index contributed by atoms with van der Waals surface area (Å²) in [5, 5.41) is 6.39. The smallest absolute Gasteiger partial charge is 0.321 e. The average Bonchev–Trinajstić information content (AvgIpc) is 3.35. The largest absolute Gasteiger partial charge is 0.372 e. The number of hydrogen-bond donors (Lipinski definition) is 2. The number of fused-ring (bicyclic) bond motifs is 3. The lowest BCUT2D eigenvalue weighted by Gasteiger charge is -2.33. The number of urea groups is 1. The van der Waals surface area contributed by atoms with E-state index in [0.29, 0.717) is 12.0 Å². The van der Waals surface area contributed by atoms with Gasteiger partial charge in [0.25, 0.3) is 0 Å². The number of anilines is 1. The van der Waals surface area contributed by atoms with Gasteiger partial charge in [-0.2, -0.15) is 0 Å². The molecule has 3 aliphatic heterocycles. The van der Waals surface area contributed by atoms with Gasteiger partial charge in [0.15, 0.2) is 0 Å². The van der Waals surface area contributed by atoms with Crippen LogP contribution in [0.2, 0.25) is 0 Å². The third kappa shape index (κ3) is 3.57. The lowest BCUT2D eigenvalue weighted by Crippen LogP contribution is -2.41. The molecule has 0 saturated carbocycles. The quantitative estimate of drug-likeness (QED) is 0.803. The Labute approximate surface area is 172 Å². The van der Waals surface area contributed by atoms with Crippen molar-refractivity contribution in [1.29, 1.82) is 0 Å². The molecule has 150 valence electrons. The van der Waals surface area contributed by atoms with Crippen LogP contribution in [0.15, 0.2) is 60.8 Å². The van der Waals surface area contributed by atoms with Gasteiger partial charge < -0.3 is 20.4 Å². The Bertz CT molecular complexity index is 902. The lowest BCUT2D eigenvalue weighted by atomic mass is 9.89. The molecule has 2 N–H and O–H groups in total. The SMILES string of the molecule is O=C(Nc1ccccc1)N1CCC(CC[C@@H]2c3ccccc3C3=CNCN32)CC1. The standard InChI is InChI=1S/C24H28N4O/c29-24(26-19-6-2-1-3-7-19)27-14-12-18(13-15-27)10-11-22-20-8-4-5-9-21(20)23-16-25-17-28(22)23/h1-9,16,18,22,25H,10-15,17H2,(H,26,29)/t22-/m1/s1. The van der Waals surface area contributed by atoms with E-state index in [1.165, 1.54) is 29.7 Å². The topological polar surface area (TPSA) is 47.6 Å². The van der Waals surface area contributed by atoms with Crippen LogP contribution >= 0.6 is 0 Å². The molecular weight excluding hydrogens is 360 g/mol. The molecule has 3 aliphatic rings. The molecule has 3 heterocycles. The van der Waals surface area contributed by atoms with Crippen LogP contribution in [0.4, 0.5) is 10.5 Å². The van der Waals surface area contributed by atoms with Gasteiger partial charge >= 0.3 is 6.03 Å². The van der Waals surface area contributed by atoms with Crippen LogP contribution < -0.4 is 10.6 Å². The fourth-order valence-electron chi connectivity index (χ4n) is 4.96. The Kier molecular flexibility index (Phi) is 4.88. The maximum Gasteiger partial charge on any atom is 0.321 e. The second kappa shape index (κ2) is 7.82. The second-order valence-electron chi connectivity index (χ2n) is 8.27. The van der Waals surface area contributed by atoms with Crippen molar-refractivity contribution in [3.63, 3.8) is 0 Å². The number of carbonyl (C=O) groups excluding carboxylic acids is 1. The zero-order valence-electron chi connectivity index (χ0n) is 16.7. The fraction of sp³-hybridized carbons (Fsp3) is 0.375. The van der Waals surface area contributed by atoms with Gasteiger partial charge in [-0.05, 0) is 49.3 Å². The first-order chi connectivity index (χ1) is 14.3. The lowest BCUT2D eigenvalue weighted by molar-refractivity contribution is 0.174. The summed E-state index contributed by atoms with van der Waals surface area (Å²) in [6, 6.07) is 19.0. The number of carbonyl (C=O) groups is 1. The van der Waals surface area contributed by atoms with E-state index in [2.05, 4.69) is 46.0 Å². The van der Waals surface area contributed by atoms with E-state index in [0.717, 1.165) is 38.3 Å². The first-order valence-corrected chi connectivity index (χ1v) is 10.7. The van der Waals surface area contributed by atoms with E-state index >= 15 is 0 Å². The minimum atomic E-state index is 0.0253. The van der Waals surface area contributed by atoms with Crippen LogP contribution in [0.5, 0.6) is 0 Å². The molecule has 5 nitrogen and oxygen atoms in total. The molecule has 1 saturated heterocycles. The van der Waals surface area contributed by atoms with E-state index < -0.39 is 0 Å². The van der Waals surface area contributed by atoms with E-state index in [1.807, 2.05) is 35.2 Å². The Hall–Kier alpha value is -2.95. The van der Waals surface area contributed by atoms with Gasteiger partial charge in [-0.25, -0.2) is 4.79 Å². The number of benzene rings is 2. The minimum Gasteiger partial charge on any atom is -0.372 e. The zero-order valence-corrected chi connectivity index (χ0v) is 16.7. The van der Waals surface area contributed by atoms with E-state index in [4.69, 9.17) is 0 Å². The minimum absolute atomic E-state index is 0.0253. The summed E-state index contributed by atoms with van der Waals surface area (Å²) in [6.07, 6.45) is 6.74. The number of nitrogens with one attached hydrogen (secondary N) is 2. The van der Waals surface area contributed by atoms with Crippen LogP contribution in [0.3, 0.4) is 0 Å². The van der Waals surface area contributed by atoms with Gasteiger partial charge in [-0.15, -0.1) is 0 Å². The summed E-state index contributed by atoms with van der Waals surface area (Å²) in [6.45, 7) is 2.61. The van der Waals surface area contributed by atoms with Gasteiger partial charge in [0.05, 0.1) is 18.4 Å². The molecule has 5 heteroatoms. The molecule has 0 unspecified atom stereocenters. The number of likely N-dealkylation sites (tertiary alicyclic amines) is 1. The molecule has 2 aromatic rings. The summed E-state index contributed by atoms with van der Waals surface area (Å²) in [4.78, 5) is 17.0. The van der Waals surface area contributed by atoms with E-state index in [1.54, 1.807) is 0 Å². The van der Waals surface area contributed by atoms with Gasteiger partial charge in [0.2, 0.25) is 0 Å². The zero-order chi connectivity index (χ0) is 19.6. The third-order valence-electron chi connectivity index (χ3n) is 6.56. The molecule has 0 aromatic heterocycles. The third-order valence-corrected chi connectivity index (χ3v) is 6.56. The van der Waals surface area contributed by atoms with Crippen molar-refractivity contribution in [3.05, 3.63) is 71.9 Å². The highest BCUT2D eigenvalue weighted by atomic mass is 16.2. The highest BCUT2D eigenvalue weighted by Crippen LogP contribution is 2.45. The number of hydrogen-bond acceptors (Lipinski definition) is 3. The molecule has 2 aromatic carbocycles. The monoisotopic (exact) mass is 388 g/mol. The van der Waals surface area contributed by atoms with Crippen LogP contribution in [-0.4, -0.2) is 35.6 Å². The summed E-state index contributed by atoms with van der Waals surface area (Å²) < 4.78 is 0. The fourth-order valence-corrected chi connectivity index (χ4v) is 4.96. The van der Waals surface area contributed by atoms with Crippen LogP contribution in [0, 0.1) is 5.92 Å². The van der Waals surface area contributed by atoms with Crippen molar-refractivity contribution in [2.75, 3.05) is 25.1 Å². The molecular formula is C24H28N4O. The first-order valence-electron chi connectivity index (χ1n) is 10.7. The van der Waals surface area contributed by atoms with Crippen LogP contribution in [0.1, 0.15) is 42.9 Å². The van der Waals surface area contributed by atoms with Gasteiger partial charge in [0, 0.05) is 30.5 Å². The second-order valence-corrected chi connectivity index (χ2v) is 8.27. The van der Waals surface area contributed by atoms with Crippen LogP contribution in [0.25, 0.3) is 5.70 Å². The molecule has 29 heavy (non-hydrogen) atoms. The first kappa shape index (κ1) is 18.1. The van der Waals surface area contributed by atoms with Gasteiger partial charge in [0.1, 0.15) is 0 Å². The summed E-state index contributed by atoms with van der Waals surface area (Å²) in [5.74, 6) is 0.700. The summed E-state index contributed by atoms with van der Waals surface area (Å²) >= 11 is 0. The van der Waals surface area contributed by atoms with E-state index in [9.17, 15) is 4.79 Å². The Morgan fingerprint density at radius 2 is 1.76 bits per heavy atom. The van der Waals surface area contributed by atoms with E-state index in [-0.39, 0.29) is 6.03 Å². The Morgan fingerprint density at radius 3 is 2.59 bits per heavy atom. The molecule has 1 fully saturated rings. The van der Waals surface area contributed by atoms with Crippen molar-refractivity contribution in [2.24, 2.45) is 5.92 Å². The molecule has 2 amide bonds. The number of piperidine rings is 1. The predicted octanol–water partition coefficient (Wildman–Crippen LogP) is 4.63. The molecule has 5 rings (SSSR count). The number of nitrogens with zero attached hydrogens (tertiary/aromatic N) is 2. The maximum atomic E-state index is 12.5. The van der Waals surface area contributed by atoms with Crippen molar-refractivity contribution in [1.82, 2.24) is 15.1 Å². The van der Waals surface area contributed by atoms with Crippen molar-refractivity contribution >= 4 is 17.4 Å². The highest BCUT2D eigenvalue weighted by Gasteiger charge is 2.35. The van der Waals surface area contributed by atoms with Crippen molar-refractivity contribution in [2.45, 2.75) is 31.7 Å². The molecule has 1 atom stereocenters.